The largest absolute Gasteiger partial charge is 0.461 e. The molecule has 0 aromatic carbocycles. The zero-order valence-corrected chi connectivity index (χ0v) is 27.1. The number of aliphatic hydroxyl groups is 2. The van der Waals surface area contributed by atoms with Gasteiger partial charge in [-0.1, -0.05) is 34.6 Å². The molecule has 0 amide bonds. The van der Waals surface area contributed by atoms with Crippen molar-refractivity contribution < 1.29 is 34.0 Å². The molecule has 5 aliphatic carbocycles. The number of rotatable bonds is 5. The van der Waals surface area contributed by atoms with E-state index in [1.165, 1.54) is 19.8 Å². The Morgan fingerprint density at radius 3 is 2.31 bits per heavy atom. The minimum absolute atomic E-state index is 0.0790. The van der Waals surface area contributed by atoms with Crippen molar-refractivity contribution in [1.82, 2.24) is 0 Å². The van der Waals surface area contributed by atoms with E-state index in [2.05, 4.69) is 34.6 Å². The fourth-order valence-electron chi connectivity index (χ4n) is 12.8. The average Bonchev–Trinajstić information content (AvgIpc) is 3.52. The molecular weight excluding hydrogens is 534 g/mol. The van der Waals surface area contributed by atoms with Crippen LogP contribution in [0.1, 0.15) is 107 Å². The standard InChI is InChI=1S/C34H55NO7/c1-18-15-20(28(30(5,6)39)40-19(2)36)41-26-25(18)31(7)13-14-34-17-33(34)12-11-23(42-24(37)16-35)29(3,4)21(33)9-10-22(34)32(31,8)27(26)38/h18,20-23,25-28,38-39H,9-17,35H2,1-8H3/t18?,20?,21-,22-,23?,25?,26?,27-,28-,31+,32+,33+,34?/m0/s1. The Morgan fingerprint density at radius 2 is 1.69 bits per heavy atom. The molecular formula is C34H55NO7. The number of carbonyl (C=O) groups is 2. The summed E-state index contributed by atoms with van der Waals surface area (Å²) < 4.78 is 18.3. The fourth-order valence-corrected chi connectivity index (χ4v) is 12.8. The maximum Gasteiger partial charge on any atom is 0.319 e. The molecule has 4 N–H and O–H groups in total. The summed E-state index contributed by atoms with van der Waals surface area (Å²) in [5, 5.41) is 23.4. The highest BCUT2D eigenvalue weighted by molar-refractivity contribution is 5.71. The number of ether oxygens (including phenoxy) is 3. The highest BCUT2D eigenvalue weighted by Crippen LogP contribution is 2.89. The third-order valence-electron chi connectivity index (χ3n) is 14.5. The van der Waals surface area contributed by atoms with Gasteiger partial charge in [0.15, 0.2) is 6.10 Å². The first kappa shape index (κ1) is 30.8. The Kier molecular flexibility index (Phi) is 6.89. The summed E-state index contributed by atoms with van der Waals surface area (Å²) >= 11 is 0. The van der Waals surface area contributed by atoms with Gasteiger partial charge < -0.3 is 30.2 Å². The fraction of sp³-hybridized carbons (Fsp3) is 0.941. The zero-order valence-electron chi connectivity index (χ0n) is 27.1. The molecule has 0 aromatic heterocycles. The second-order valence-electron chi connectivity index (χ2n) is 16.9. The van der Waals surface area contributed by atoms with Gasteiger partial charge >= 0.3 is 11.9 Å². The van der Waals surface area contributed by atoms with Gasteiger partial charge in [0.1, 0.15) is 6.10 Å². The predicted molar refractivity (Wildman–Crippen MR) is 157 cm³/mol. The molecule has 0 aromatic rings. The second-order valence-corrected chi connectivity index (χ2v) is 16.9. The minimum atomic E-state index is -1.26. The van der Waals surface area contributed by atoms with Gasteiger partial charge in [-0.2, -0.15) is 0 Å². The summed E-state index contributed by atoms with van der Waals surface area (Å²) in [5.41, 5.74) is 4.27. The molecule has 8 nitrogen and oxygen atoms in total. The summed E-state index contributed by atoms with van der Waals surface area (Å²) in [4.78, 5) is 24.2. The van der Waals surface area contributed by atoms with Crippen LogP contribution in [0, 0.1) is 50.7 Å². The lowest BCUT2D eigenvalue weighted by Gasteiger charge is -2.63. The molecule has 1 aliphatic heterocycles. The van der Waals surface area contributed by atoms with Crippen molar-refractivity contribution in [2.75, 3.05) is 6.54 Å². The van der Waals surface area contributed by atoms with Crippen molar-refractivity contribution in [3.63, 3.8) is 0 Å². The predicted octanol–water partition coefficient (Wildman–Crippen LogP) is 4.37. The molecule has 8 heteroatoms. The third kappa shape index (κ3) is 3.79. The van der Waals surface area contributed by atoms with Crippen molar-refractivity contribution in [3.8, 4) is 0 Å². The van der Waals surface area contributed by atoms with Crippen LogP contribution >= 0.6 is 0 Å². The van der Waals surface area contributed by atoms with Crippen LogP contribution in [0.5, 0.6) is 0 Å². The van der Waals surface area contributed by atoms with Crippen LogP contribution in [0.3, 0.4) is 0 Å². The Labute approximate surface area is 251 Å². The zero-order chi connectivity index (χ0) is 30.8. The second kappa shape index (κ2) is 9.40. The molecule has 6 rings (SSSR count). The van der Waals surface area contributed by atoms with E-state index in [1.54, 1.807) is 13.8 Å². The first-order valence-electron chi connectivity index (χ1n) is 16.5. The number of hydrogen-bond donors (Lipinski definition) is 3. The van der Waals surface area contributed by atoms with E-state index >= 15 is 0 Å². The normalized spacial score (nSPS) is 51.1. The van der Waals surface area contributed by atoms with E-state index in [0.29, 0.717) is 18.3 Å². The Morgan fingerprint density at radius 1 is 1.05 bits per heavy atom. The topological polar surface area (TPSA) is 128 Å². The van der Waals surface area contributed by atoms with Gasteiger partial charge in [0, 0.05) is 17.8 Å². The van der Waals surface area contributed by atoms with E-state index in [4.69, 9.17) is 19.9 Å². The first-order chi connectivity index (χ1) is 19.4. The van der Waals surface area contributed by atoms with Gasteiger partial charge in [0.2, 0.25) is 0 Å². The SMILES string of the molecule is CC(=O)O[C@@H](C1CC(C)C2C(O1)[C@H](O)[C@@]1(C)[C@@H]3CC[C@H]4C(C)(C)C(OC(=O)CN)CC[C@@]45CC35CC[C@]21C)C(C)(C)O. The summed E-state index contributed by atoms with van der Waals surface area (Å²) in [6.45, 7) is 16.2. The van der Waals surface area contributed by atoms with Crippen LogP contribution < -0.4 is 5.73 Å². The lowest BCUT2D eigenvalue weighted by molar-refractivity contribution is -0.216. The van der Waals surface area contributed by atoms with Crippen molar-refractivity contribution >= 4 is 11.9 Å². The van der Waals surface area contributed by atoms with Gasteiger partial charge in [-0.15, -0.1) is 0 Å². The van der Waals surface area contributed by atoms with Crippen LogP contribution in [0.4, 0.5) is 0 Å². The quantitative estimate of drug-likeness (QED) is 0.403. The molecule has 5 saturated carbocycles. The van der Waals surface area contributed by atoms with Crippen LogP contribution in [-0.2, 0) is 23.8 Å². The van der Waals surface area contributed by atoms with Gasteiger partial charge in [-0.25, -0.2) is 0 Å². The number of esters is 2. The molecule has 1 heterocycles. The van der Waals surface area contributed by atoms with Gasteiger partial charge in [0.05, 0.1) is 30.5 Å². The number of nitrogens with two attached hydrogens (primary N) is 1. The van der Waals surface area contributed by atoms with Gasteiger partial charge in [-0.3, -0.25) is 9.59 Å². The third-order valence-corrected chi connectivity index (χ3v) is 14.5. The molecule has 13 atom stereocenters. The van der Waals surface area contributed by atoms with Crippen LogP contribution in [0.2, 0.25) is 0 Å². The first-order valence-corrected chi connectivity index (χ1v) is 16.5. The van der Waals surface area contributed by atoms with E-state index in [-0.39, 0.29) is 63.6 Å². The molecule has 6 unspecified atom stereocenters. The van der Waals surface area contributed by atoms with Crippen molar-refractivity contribution in [3.05, 3.63) is 0 Å². The van der Waals surface area contributed by atoms with E-state index in [1.807, 2.05) is 0 Å². The summed E-state index contributed by atoms with van der Waals surface area (Å²) in [6, 6.07) is 0. The van der Waals surface area contributed by atoms with Gasteiger partial charge in [0.25, 0.3) is 0 Å². The van der Waals surface area contributed by atoms with E-state index in [9.17, 15) is 19.8 Å². The molecule has 0 radical (unpaired) electrons. The van der Waals surface area contributed by atoms with E-state index in [0.717, 1.165) is 32.1 Å². The highest BCUT2D eigenvalue weighted by atomic mass is 16.6. The van der Waals surface area contributed by atoms with E-state index < -0.39 is 29.9 Å². The summed E-state index contributed by atoms with van der Waals surface area (Å²) in [5.74, 6) is 0.575. The highest BCUT2D eigenvalue weighted by Gasteiger charge is 2.84. The smallest absolute Gasteiger partial charge is 0.319 e. The monoisotopic (exact) mass is 589 g/mol. The van der Waals surface area contributed by atoms with Crippen molar-refractivity contribution in [2.24, 2.45) is 56.5 Å². The Hall–Kier alpha value is -1.22. The minimum Gasteiger partial charge on any atom is -0.461 e. The lowest BCUT2D eigenvalue weighted by atomic mass is 9.41. The van der Waals surface area contributed by atoms with Crippen molar-refractivity contribution in [2.45, 2.75) is 143 Å². The molecule has 6 fully saturated rings. The molecule has 238 valence electrons. The molecule has 0 bridgehead atoms. The van der Waals surface area contributed by atoms with Gasteiger partial charge in [-0.05, 0) is 105 Å². The summed E-state index contributed by atoms with van der Waals surface area (Å²) in [7, 11) is 0. The van der Waals surface area contributed by atoms with Crippen LogP contribution in [0.15, 0.2) is 0 Å². The molecule has 6 aliphatic rings. The number of hydrogen-bond acceptors (Lipinski definition) is 8. The maximum absolute atomic E-state index is 12.4. The number of carbonyl (C=O) groups excluding carboxylic acids is 2. The number of aliphatic hydroxyl groups excluding tert-OH is 1. The summed E-state index contributed by atoms with van der Waals surface area (Å²) in [6.07, 6.45) is 5.84. The molecule has 1 saturated heterocycles. The number of fused-ring (bicyclic) bond motifs is 4. The van der Waals surface area contributed by atoms with Crippen LogP contribution in [0.25, 0.3) is 0 Å². The average molecular weight is 590 g/mol. The van der Waals surface area contributed by atoms with Crippen LogP contribution in [-0.4, -0.2) is 64.8 Å². The molecule has 2 spiro atoms. The molecule has 42 heavy (non-hydrogen) atoms. The Balaban J connectivity index is 1.31. The van der Waals surface area contributed by atoms with Crippen molar-refractivity contribution in [1.29, 1.82) is 0 Å². The Bertz CT molecular complexity index is 1130. The maximum atomic E-state index is 12.4. The lowest BCUT2D eigenvalue weighted by Crippen LogP contribution is -2.60.